The lowest BCUT2D eigenvalue weighted by Crippen LogP contribution is -2.38. The van der Waals surface area contributed by atoms with E-state index in [1.54, 1.807) is 18.2 Å². The zero-order chi connectivity index (χ0) is 16.4. The van der Waals surface area contributed by atoms with Crippen molar-refractivity contribution in [2.75, 3.05) is 6.61 Å². The third-order valence-corrected chi connectivity index (χ3v) is 3.50. The SMILES string of the molecule is CC1(COc2ccc([N+](=O)[O-])cc2)C=Cc2cc(F)ccc2O1. The van der Waals surface area contributed by atoms with Crippen molar-refractivity contribution >= 4 is 11.8 Å². The summed E-state index contributed by atoms with van der Waals surface area (Å²) in [6.45, 7) is 2.07. The number of nitrogens with zero attached hydrogens (tertiary/aromatic N) is 1. The molecule has 6 heteroatoms. The molecule has 1 heterocycles. The predicted octanol–water partition coefficient (Wildman–Crippen LogP) is 3.98. The molecule has 0 aliphatic carbocycles. The first kappa shape index (κ1) is 15.0. The van der Waals surface area contributed by atoms with E-state index in [2.05, 4.69) is 0 Å². The van der Waals surface area contributed by atoms with Gasteiger partial charge in [-0.1, -0.05) is 6.08 Å². The number of rotatable bonds is 4. The number of nitro groups is 1. The Morgan fingerprint density at radius 1 is 1.26 bits per heavy atom. The fourth-order valence-electron chi connectivity index (χ4n) is 2.26. The molecule has 1 atom stereocenters. The quantitative estimate of drug-likeness (QED) is 0.632. The number of hydrogen-bond acceptors (Lipinski definition) is 4. The molecule has 0 fully saturated rings. The standard InChI is InChI=1S/C17H14FNO4/c1-17(9-8-12-10-13(18)2-7-16(12)23-17)11-22-15-5-3-14(4-6-15)19(20)21/h2-10H,11H2,1H3. The number of benzene rings is 2. The van der Waals surface area contributed by atoms with Gasteiger partial charge in [0.2, 0.25) is 0 Å². The molecule has 2 aromatic carbocycles. The lowest BCUT2D eigenvalue weighted by atomic mass is 10.0. The Kier molecular flexibility index (Phi) is 3.73. The molecule has 3 rings (SSSR count). The summed E-state index contributed by atoms with van der Waals surface area (Å²) >= 11 is 0. The van der Waals surface area contributed by atoms with Gasteiger partial charge in [0.05, 0.1) is 4.92 Å². The Morgan fingerprint density at radius 2 is 2.00 bits per heavy atom. The highest BCUT2D eigenvalue weighted by molar-refractivity contribution is 5.61. The van der Waals surface area contributed by atoms with Gasteiger partial charge in [-0.25, -0.2) is 4.39 Å². The molecular formula is C17H14FNO4. The largest absolute Gasteiger partial charge is 0.489 e. The van der Waals surface area contributed by atoms with E-state index < -0.39 is 10.5 Å². The zero-order valence-electron chi connectivity index (χ0n) is 12.4. The van der Waals surface area contributed by atoms with Crippen LogP contribution in [0.5, 0.6) is 11.5 Å². The van der Waals surface area contributed by atoms with Crippen LogP contribution in [0.2, 0.25) is 0 Å². The van der Waals surface area contributed by atoms with Crippen LogP contribution in [0.15, 0.2) is 48.5 Å². The zero-order valence-corrected chi connectivity index (χ0v) is 12.4. The summed E-state index contributed by atoms with van der Waals surface area (Å²) in [5, 5.41) is 10.6. The van der Waals surface area contributed by atoms with Crippen molar-refractivity contribution in [2.24, 2.45) is 0 Å². The minimum Gasteiger partial charge on any atom is -0.489 e. The third-order valence-electron chi connectivity index (χ3n) is 3.50. The van der Waals surface area contributed by atoms with E-state index in [9.17, 15) is 14.5 Å². The van der Waals surface area contributed by atoms with E-state index in [4.69, 9.17) is 9.47 Å². The van der Waals surface area contributed by atoms with E-state index in [0.717, 1.165) is 0 Å². The van der Waals surface area contributed by atoms with Gasteiger partial charge in [0.15, 0.2) is 5.60 Å². The Morgan fingerprint density at radius 3 is 2.70 bits per heavy atom. The van der Waals surface area contributed by atoms with E-state index in [0.29, 0.717) is 17.1 Å². The van der Waals surface area contributed by atoms with Crippen LogP contribution in [-0.4, -0.2) is 17.1 Å². The third kappa shape index (κ3) is 3.31. The molecule has 0 amide bonds. The van der Waals surface area contributed by atoms with Crippen LogP contribution in [0.3, 0.4) is 0 Å². The maximum absolute atomic E-state index is 13.2. The van der Waals surface area contributed by atoms with Crippen molar-refractivity contribution in [1.29, 1.82) is 0 Å². The van der Waals surface area contributed by atoms with Crippen molar-refractivity contribution < 1.29 is 18.8 Å². The molecule has 1 unspecified atom stereocenters. The first-order valence-corrected chi connectivity index (χ1v) is 7.00. The van der Waals surface area contributed by atoms with Gasteiger partial charge in [0.1, 0.15) is 23.9 Å². The first-order chi connectivity index (χ1) is 11.0. The van der Waals surface area contributed by atoms with E-state index in [-0.39, 0.29) is 18.1 Å². The van der Waals surface area contributed by atoms with Crippen LogP contribution in [-0.2, 0) is 0 Å². The average Bonchev–Trinajstić information content (AvgIpc) is 2.54. The summed E-state index contributed by atoms with van der Waals surface area (Å²) in [5.41, 5.74) is -0.0155. The molecule has 23 heavy (non-hydrogen) atoms. The Labute approximate surface area is 132 Å². The summed E-state index contributed by atoms with van der Waals surface area (Å²) in [6.07, 6.45) is 3.60. The summed E-state index contributed by atoms with van der Waals surface area (Å²) in [4.78, 5) is 10.2. The fraction of sp³-hybridized carbons (Fsp3) is 0.176. The molecular weight excluding hydrogens is 301 g/mol. The van der Waals surface area contributed by atoms with Gasteiger partial charge in [-0.3, -0.25) is 10.1 Å². The van der Waals surface area contributed by atoms with E-state index in [1.807, 2.05) is 6.92 Å². The maximum atomic E-state index is 13.2. The molecule has 0 bridgehead atoms. The van der Waals surface area contributed by atoms with Crippen LogP contribution in [0.1, 0.15) is 12.5 Å². The molecule has 0 N–H and O–H groups in total. The topological polar surface area (TPSA) is 61.6 Å². The number of non-ortho nitro benzene ring substituents is 1. The van der Waals surface area contributed by atoms with Crippen LogP contribution in [0.25, 0.3) is 6.08 Å². The van der Waals surface area contributed by atoms with Crippen molar-refractivity contribution in [1.82, 2.24) is 0 Å². The molecule has 0 spiro atoms. The minimum atomic E-state index is -0.702. The normalized spacial score (nSPS) is 18.9. The Bertz CT molecular complexity index is 773. The van der Waals surface area contributed by atoms with Crippen LogP contribution in [0.4, 0.5) is 10.1 Å². The molecule has 0 aromatic heterocycles. The molecule has 2 aromatic rings. The van der Waals surface area contributed by atoms with Gasteiger partial charge < -0.3 is 9.47 Å². The van der Waals surface area contributed by atoms with E-state index in [1.165, 1.54) is 36.4 Å². The molecule has 0 radical (unpaired) electrons. The van der Waals surface area contributed by atoms with Gasteiger partial charge in [-0.05, 0) is 43.3 Å². The lowest BCUT2D eigenvalue weighted by molar-refractivity contribution is -0.384. The molecule has 1 aliphatic rings. The highest BCUT2D eigenvalue weighted by Crippen LogP contribution is 2.32. The number of fused-ring (bicyclic) bond motifs is 1. The number of hydrogen-bond donors (Lipinski definition) is 0. The van der Waals surface area contributed by atoms with Gasteiger partial charge in [0, 0.05) is 17.7 Å². The van der Waals surface area contributed by atoms with Crippen LogP contribution >= 0.6 is 0 Å². The smallest absolute Gasteiger partial charge is 0.269 e. The number of nitro benzene ring substituents is 1. The molecule has 0 saturated heterocycles. The summed E-state index contributed by atoms with van der Waals surface area (Å²) < 4.78 is 24.7. The summed E-state index contributed by atoms with van der Waals surface area (Å²) in [5.74, 6) is 0.783. The van der Waals surface area contributed by atoms with Gasteiger partial charge in [0.25, 0.3) is 5.69 Å². The van der Waals surface area contributed by atoms with Gasteiger partial charge in [-0.15, -0.1) is 0 Å². The fourth-order valence-corrected chi connectivity index (χ4v) is 2.26. The van der Waals surface area contributed by atoms with Crippen molar-refractivity contribution in [2.45, 2.75) is 12.5 Å². The lowest BCUT2D eigenvalue weighted by Gasteiger charge is -2.31. The summed E-state index contributed by atoms with van der Waals surface area (Å²) in [7, 11) is 0. The number of ether oxygens (including phenoxy) is 2. The molecule has 0 saturated carbocycles. The summed E-state index contributed by atoms with van der Waals surface area (Å²) in [6, 6.07) is 10.2. The highest BCUT2D eigenvalue weighted by atomic mass is 19.1. The maximum Gasteiger partial charge on any atom is 0.269 e. The van der Waals surface area contributed by atoms with Crippen molar-refractivity contribution in [3.8, 4) is 11.5 Å². The second kappa shape index (κ2) is 5.72. The van der Waals surface area contributed by atoms with E-state index >= 15 is 0 Å². The van der Waals surface area contributed by atoms with Gasteiger partial charge >= 0.3 is 0 Å². The van der Waals surface area contributed by atoms with Crippen LogP contribution in [0, 0.1) is 15.9 Å². The van der Waals surface area contributed by atoms with Crippen molar-refractivity contribution in [3.63, 3.8) is 0 Å². The Balaban J connectivity index is 1.69. The second-order valence-corrected chi connectivity index (χ2v) is 5.47. The monoisotopic (exact) mass is 315 g/mol. The Hall–Kier alpha value is -2.89. The van der Waals surface area contributed by atoms with Crippen LogP contribution < -0.4 is 9.47 Å². The minimum absolute atomic E-state index is 0.00771. The van der Waals surface area contributed by atoms with Crippen molar-refractivity contribution in [3.05, 3.63) is 70.0 Å². The second-order valence-electron chi connectivity index (χ2n) is 5.47. The highest BCUT2D eigenvalue weighted by Gasteiger charge is 2.28. The van der Waals surface area contributed by atoms with Gasteiger partial charge in [-0.2, -0.15) is 0 Å². The molecule has 5 nitrogen and oxygen atoms in total. The average molecular weight is 315 g/mol. The first-order valence-electron chi connectivity index (χ1n) is 7.00. The number of halogens is 1. The molecule has 118 valence electrons. The molecule has 1 aliphatic heterocycles. The predicted molar refractivity (Wildman–Crippen MR) is 83.1 cm³/mol.